The normalized spacial score (nSPS) is 15.0. The van der Waals surface area contributed by atoms with Crippen LogP contribution in [0.25, 0.3) is 11.6 Å². The minimum atomic E-state index is -0.309. The molecule has 5 heteroatoms. The van der Waals surface area contributed by atoms with E-state index in [1.54, 1.807) is 19.2 Å². The van der Waals surface area contributed by atoms with Gasteiger partial charge in [0, 0.05) is 36.2 Å². The monoisotopic (exact) mass is 414 g/mol. The van der Waals surface area contributed by atoms with Crippen LogP contribution < -0.4 is 4.90 Å². The van der Waals surface area contributed by atoms with Gasteiger partial charge in [0.05, 0.1) is 12.3 Å². The highest BCUT2D eigenvalue weighted by Gasteiger charge is 2.35. The summed E-state index contributed by atoms with van der Waals surface area (Å²) in [6, 6.07) is 16.8. The fraction of sp³-hybridized carbons (Fsp3) is 0.231. The number of carbonyl (C=O) groups is 2. The molecule has 158 valence electrons. The third kappa shape index (κ3) is 3.73. The summed E-state index contributed by atoms with van der Waals surface area (Å²) in [6.45, 7) is 7.39. The number of hydrogen-bond acceptors (Lipinski definition) is 3. The third-order valence-corrected chi connectivity index (χ3v) is 5.78. The zero-order valence-corrected chi connectivity index (χ0v) is 18.3. The number of carbonyl (C=O) groups excluding carboxylic acids is 2. The molecule has 1 aliphatic heterocycles. The Morgan fingerprint density at radius 3 is 2.35 bits per heavy atom. The maximum atomic E-state index is 13.6. The third-order valence-electron chi connectivity index (χ3n) is 5.78. The summed E-state index contributed by atoms with van der Waals surface area (Å²) < 4.78 is 7.41. The zero-order chi connectivity index (χ0) is 22.1. The van der Waals surface area contributed by atoms with Gasteiger partial charge in [0.2, 0.25) is 0 Å². The van der Waals surface area contributed by atoms with Crippen molar-refractivity contribution in [3.63, 3.8) is 0 Å². The molecule has 2 heterocycles. The minimum absolute atomic E-state index is 0.297. The second kappa shape index (κ2) is 8.36. The lowest BCUT2D eigenvalue weighted by Gasteiger charge is -2.29. The highest BCUT2D eigenvalue weighted by Crippen LogP contribution is 2.34. The minimum Gasteiger partial charge on any atom is -0.383 e. The average Bonchev–Trinajstić information content (AvgIpc) is 3.02. The predicted octanol–water partition coefficient (Wildman–Crippen LogP) is 4.79. The van der Waals surface area contributed by atoms with E-state index in [-0.39, 0.29) is 11.8 Å². The molecular formula is C26H26N2O3. The lowest BCUT2D eigenvalue weighted by atomic mass is 9.91. The number of hydrogen-bond donors (Lipinski definition) is 0. The number of ether oxygens (including phenoxy) is 1. The maximum Gasteiger partial charge on any atom is 0.265 e. The average molecular weight is 415 g/mol. The van der Waals surface area contributed by atoms with Crippen LogP contribution in [0.2, 0.25) is 0 Å². The molecule has 5 nitrogen and oxygen atoms in total. The lowest BCUT2D eigenvalue weighted by Crippen LogP contribution is -2.41. The first-order chi connectivity index (χ1) is 14.9. The standard InChI is InChI=1S/C26H26N2O3/c1-17-8-7-9-21(14-17)28-25(29)23-11-6-5-10-22(23)24(26(28)30)16-20-15-18(2)27(19(20)3)12-13-31-4/h5-11,14-16H,12-13H2,1-4H3. The molecule has 2 amide bonds. The van der Waals surface area contributed by atoms with Crippen molar-refractivity contribution in [1.82, 2.24) is 4.57 Å². The quantitative estimate of drug-likeness (QED) is 0.446. The number of amides is 2. The first kappa shape index (κ1) is 20.8. The number of rotatable bonds is 5. The van der Waals surface area contributed by atoms with Crippen LogP contribution in [0.15, 0.2) is 54.6 Å². The van der Waals surface area contributed by atoms with Crippen molar-refractivity contribution in [3.8, 4) is 0 Å². The molecule has 0 N–H and O–H groups in total. The van der Waals surface area contributed by atoms with Gasteiger partial charge >= 0.3 is 0 Å². The smallest absolute Gasteiger partial charge is 0.265 e. The number of nitrogens with zero attached hydrogens (tertiary/aromatic N) is 2. The van der Waals surface area contributed by atoms with Crippen LogP contribution in [0.4, 0.5) is 5.69 Å². The number of methoxy groups -OCH3 is 1. The Morgan fingerprint density at radius 1 is 0.903 bits per heavy atom. The van der Waals surface area contributed by atoms with Crippen LogP contribution in [0.3, 0.4) is 0 Å². The van der Waals surface area contributed by atoms with E-state index in [4.69, 9.17) is 4.74 Å². The van der Waals surface area contributed by atoms with E-state index in [1.807, 2.05) is 63.2 Å². The van der Waals surface area contributed by atoms with Gasteiger partial charge in [-0.1, -0.05) is 30.3 Å². The molecule has 0 saturated heterocycles. The van der Waals surface area contributed by atoms with Gasteiger partial charge in [-0.2, -0.15) is 0 Å². The zero-order valence-electron chi connectivity index (χ0n) is 18.3. The van der Waals surface area contributed by atoms with Crippen molar-refractivity contribution >= 4 is 29.2 Å². The molecular weight excluding hydrogens is 388 g/mol. The van der Waals surface area contributed by atoms with E-state index in [1.165, 1.54) is 4.90 Å². The van der Waals surface area contributed by atoms with E-state index in [9.17, 15) is 9.59 Å². The molecule has 0 saturated carbocycles. The molecule has 1 aliphatic rings. The molecule has 0 unspecified atom stereocenters. The molecule has 4 rings (SSSR count). The van der Waals surface area contributed by atoms with Crippen LogP contribution in [-0.2, 0) is 16.1 Å². The molecule has 0 radical (unpaired) electrons. The molecule has 0 atom stereocenters. The number of aromatic nitrogens is 1. The van der Waals surface area contributed by atoms with Crippen LogP contribution in [0.5, 0.6) is 0 Å². The molecule has 0 bridgehead atoms. The Bertz CT molecular complexity index is 1200. The molecule has 2 aromatic carbocycles. The fourth-order valence-electron chi connectivity index (χ4n) is 4.15. The molecule has 0 aliphatic carbocycles. The van der Waals surface area contributed by atoms with Gasteiger partial charge in [-0.05, 0) is 67.8 Å². The van der Waals surface area contributed by atoms with E-state index in [0.29, 0.717) is 29.0 Å². The second-order valence-electron chi connectivity index (χ2n) is 7.86. The van der Waals surface area contributed by atoms with E-state index in [2.05, 4.69) is 10.6 Å². The largest absolute Gasteiger partial charge is 0.383 e. The van der Waals surface area contributed by atoms with Crippen molar-refractivity contribution in [2.75, 3.05) is 18.6 Å². The summed E-state index contributed by atoms with van der Waals surface area (Å²) >= 11 is 0. The van der Waals surface area contributed by atoms with Gasteiger partial charge in [-0.25, -0.2) is 4.90 Å². The van der Waals surface area contributed by atoms with E-state index >= 15 is 0 Å². The lowest BCUT2D eigenvalue weighted by molar-refractivity contribution is -0.112. The Hall–Kier alpha value is -3.44. The molecule has 3 aromatic rings. The summed E-state index contributed by atoms with van der Waals surface area (Å²) in [5.41, 5.74) is 6.42. The molecule has 0 fully saturated rings. The molecule has 0 spiro atoms. The summed E-state index contributed by atoms with van der Waals surface area (Å²) in [5, 5.41) is 0. The first-order valence-corrected chi connectivity index (χ1v) is 10.3. The van der Waals surface area contributed by atoms with Crippen molar-refractivity contribution < 1.29 is 14.3 Å². The number of imide groups is 1. The molecule has 31 heavy (non-hydrogen) atoms. The Morgan fingerprint density at radius 2 is 1.65 bits per heavy atom. The summed E-state index contributed by atoms with van der Waals surface area (Å²) in [4.78, 5) is 28.1. The second-order valence-corrected chi connectivity index (χ2v) is 7.86. The topological polar surface area (TPSA) is 51.5 Å². The van der Waals surface area contributed by atoms with Crippen molar-refractivity contribution in [1.29, 1.82) is 0 Å². The van der Waals surface area contributed by atoms with Gasteiger partial charge in [0.15, 0.2) is 0 Å². The van der Waals surface area contributed by atoms with Crippen LogP contribution in [-0.4, -0.2) is 30.1 Å². The number of anilines is 1. The summed E-state index contributed by atoms with van der Waals surface area (Å²) in [7, 11) is 1.69. The predicted molar refractivity (Wildman–Crippen MR) is 123 cm³/mol. The number of fused-ring (bicyclic) bond motifs is 1. The fourth-order valence-corrected chi connectivity index (χ4v) is 4.15. The SMILES string of the molecule is COCCn1c(C)cc(C=C2C(=O)N(c3cccc(C)c3)C(=O)c3ccccc32)c1C. The van der Waals surface area contributed by atoms with Gasteiger partial charge < -0.3 is 9.30 Å². The highest BCUT2D eigenvalue weighted by molar-refractivity contribution is 6.43. The van der Waals surface area contributed by atoms with Gasteiger partial charge in [-0.15, -0.1) is 0 Å². The number of aryl methyl sites for hydroxylation is 2. The van der Waals surface area contributed by atoms with Crippen molar-refractivity contribution in [3.05, 3.63) is 88.2 Å². The highest BCUT2D eigenvalue weighted by atomic mass is 16.5. The van der Waals surface area contributed by atoms with Crippen LogP contribution in [0.1, 0.15) is 38.4 Å². The van der Waals surface area contributed by atoms with Gasteiger partial charge in [-0.3, -0.25) is 9.59 Å². The van der Waals surface area contributed by atoms with E-state index in [0.717, 1.165) is 29.1 Å². The molecule has 1 aromatic heterocycles. The maximum absolute atomic E-state index is 13.6. The summed E-state index contributed by atoms with van der Waals surface area (Å²) in [6.07, 6.45) is 1.90. The summed E-state index contributed by atoms with van der Waals surface area (Å²) in [5.74, 6) is -0.607. The Balaban J connectivity index is 1.86. The van der Waals surface area contributed by atoms with Crippen LogP contribution in [0, 0.1) is 20.8 Å². The van der Waals surface area contributed by atoms with Crippen LogP contribution >= 0.6 is 0 Å². The first-order valence-electron chi connectivity index (χ1n) is 10.3. The van der Waals surface area contributed by atoms with E-state index < -0.39 is 0 Å². The number of benzene rings is 2. The van der Waals surface area contributed by atoms with Gasteiger partial charge in [0.25, 0.3) is 11.8 Å². The van der Waals surface area contributed by atoms with Crippen molar-refractivity contribution in [2.45, 2.75) is 27.3 Å². The Labute approximate surface area is 182 Å². The Kier molecular flexibility index (Phi) is 5.61. The van der Waals surface area contributed by atoms with Gasteiger partial charge in [0.1, 0.15) is 0 Å². The van der Waals surface area contributed by atoms with Crippen molar-refractivity contribution in [2.24, 2.45) is 0 Å².